The molecular weight excluding hydrogens is 290 g/mol. The van der Waals surface area contributed by atoms with Crippen molar-refractivity contribution in [3.8, 4) is 0 Å². The van der Waals surface area contributed by atoms with Crippen LogP contribution in [0.1, 0.15) is 36.0 Å². The van der Waals surface area contributed by atoms with Crippen LogP contribution in [0.25, 0.3) is 0 Å². The summed E-state index contributed by atoms with van der Waals surface area (Å²) < 4.78 is 0. The van der Waals surface area contributed by atoms with Crippen LogP contribution in [0, 0.1) is 5.92 Å². The first kappa shape index (κ1) is 16.0. The van der Waals surface area contributed by atoms with Crippen LogP contribution in [0.4, 0.5) is 0 Å². The number of rotatable bonds is 3. The summed E-state index contributed by atoms with van der Waals surface area (Å²) in [5, 5.41) is 0. The second-order valence-electron chi connectivity index (χ2n) is 6.52. The average molecular weight is 315 g/mol. The molecule has 2 atom stereocenters. The van der Waals surface area contributed by atoms with Gasteiger partial charge in [0.2, 0.25) is 5.91 Å². The molecule has 0 saturated carbocycles. The van der Waals surface area contributed by atoms with Crippen molar-refractivity contribution in [2.45, 2.75) is 31.7 Å². The van der Waals surface area contributed by atoms with Crippen molar-refractivity contribution in [2.75, 3.05) is 26.2 Å². The van der Waals surface area contributed by atoms with E-state index in [0.717, 1.165) is 38.8 Å². The lowest BCUT2D eigenvalue weighted by Crippen LogP contribution is -2.49. The zero-order valence-corrected chi connectivity index (χ0v) is 13.5. The van der Waals surface area contributed by atoms with Gasteiger partial charge in [-0.15, -0.1) is 0 Å². The first-order valence-electron chi connectivity index (χ1n) is 8.55. The van der Waals surface area contributed by atoms with Crippen LogP contribution in [0.3, 0.4) is 0 Å². The highest BCUT2D eigenvalue weighted by Crippen LogP contribution is 2.25. The molecule has 2 saturated heterocycles. The van der Waals surface area contributed by atoms with Gasteiger partial charge in [0, 0.05) is 37.8 Å². The van der Waals surface area contributed by atoms with Crippen LogP contribution in [-0.4, -0.2) is 53.8 Å². The maximum absolute atomic E-state index is 12.8. The minimum Gasteiger partial charge on any atom is -0.338 e. The minimum absolute atomic E-state index is 0.0277. The van der Waals surface area contributed by atoms with E-state index in [1.807, 2.05) is 40.1 Å². The van der Waals surface area contributed by atoms with Crippen molar-refractivity contribution in [1.82, 2.24) is 9.80 Å². The van der Waals surface area contributed by atoms with Gasteiger partial charge in [-0.1, -0.05) is 18.2 Å². The summed E-state index contributed by atoms with van der Waals surface area (Å²) >= 11 is 0. The normalized spacial score (nSPS) is 24.7. The van der Waals surface area contributed by atoms with Crippen LogP contribution < -0.4 is 5.73 Å². The summed E-state index contributed by atoms with van der Waals surface area (Å²) in [5.74, 6) is 0.131. The Bertz CT molecular complexity index is 561. The van der Waals surface area contributed by atoms with Crippen molar-refractivity contribution in [2.24, 2.45) is 11.7 Å². The number of carbonyl (C=O) groups excluding carboxylic acids is 2. The monoisotopic (exact) mass is 315 g/mol. The van der Waals surface area contributed by atoms with Gasteiger partial charge in [-0.3, -0.25) is 9.59 Å². The highest BCUT2D eigenvalue weighted by atomic mass is 16.2. The second-order valence-corrected chi connectivity index (χ2v) is 6.52. The molecule has 0 spiro atoms. The molecule has 2 fully saturated rings. The van der Waals surface area contributed by atoms with E-state index in [1.165, 1.54) is 0 Å². The third-order valence-corrected chi connectivity index (χ3v) is 5.01. The molecule has 0 aromatic heterocycles. The molecule has 2 unspecified atom stereocenters. The van der Waals surface area contributed by atoms with Crippen LogP contribution >= 0.6 is 0 Å². The third-order valence-electron chi connectivity index (χ3n) is 5.01. The van der Waals surface area contributed by atoms with Gasteiger partial charge in [0.15, 0.2) is 0 Å². The number of likely N-dealkylation sites (tertiary alicyclic amines) is 2. The summed E-state index contributed by atoms with van der Waals surface area (Å²) in [6.07, 6.45) is 3.79. The molecule has 2 heterocycles. The molecule has 3 rings (SSSR count). The lowest BCUT2D eigenvalue weighted by atomic mass is 9.95. The van der Waals surface area contributed by atoms with Gasteiger partial charge in [-0.2, -0.15) is 0 Å². The molecule has 5 nitrogen and oxygen atoms in total. The Labute approximate surface area is 137 Å². The zero-order valence-electron chi connectivity index (χ0n) is 13.5. The van der Waals surface area contributed by atoms with Crippen molar-refractivity contribution in [1.29, 1.82) is 0 Å². The van der Waals surface area contributed by atoms with E-state index in [4.69, 9.17) is 5.73 Å². The van der Waals surface area contributed by atoms with E-state index < -0.39 is 0 Å². The highest BCUT2D eigenvalue weighted by molar-refractivity contribution is 5.94. The predicted octanol–water partition coefficient (Wildman–Crippen LogP) is 1.49. The predicted molar refractivity (Wildman–Crippen MR) is 88.9 cm³/mol. The first-order chi connectivity index (χ1) is 11.2. The number of piperidine rings is 1. The van der Waals surface area contributed by atoms with E-state index in [2.05, 4.69) is 0 Å². The van der Waals surface area contributed by atoms with Gasteiger partial charge in [0.1, 0.15) is 0 Å². The summed E-state index contributed by atoms with van der Waals surface area (Å²) in [5.41, 5.74) is 6.48. The van der Waals surface area contributed by atoms with Crippen LogP contribution in [0.5, 0.6) is 0 Å². The molecule has 2 amide bonds. The molecule has 2 aliphatic rings. The molecule has 1 aromatic rings. The van der Waals surface area contributed by atoms with Gasteiger partial charge in [0.25, 0.3) is 5.91 Å². The summed E-state index contributed by atoms with van der Waals surface area (Å²) in [6.45, 7) is 2.60. The standard InChI is InChI=1S/C18H25N3O2/c19-12-16-9-5-11-21(16)18(23)15-8-4-10-20(13-15)17(22)14-6-2-1-3-7-14/h1-3,6-7,15-16H,4-5,8-13,19H2. The maximum atomic E-state index is 12.8. The van der Waals surface area contributed by atoms with Crippen molar-refractivity contribution >= 4 is 11.8 Å². The van der Waals surface area contributed by atoms with E-state index in [-0.39, 0.29) is 23.8 Å². The van der Waals surface area contributed by atoms with Crippen LogP contribution in [0.15, 0.2) is 30.3 Å². The van der Waals surface area contributed by atoms with Gasteiger partial charge >= 0.3 is 0 Å². The fourth-order valence-electron chi connectivity index (χ4n) is 3.73. The molecule has 5 heteroatoms. The summed E-state index contributed by atoms with van der Waals surface area (Å²) in [6, 6.07) is 9.49. The van der Waals surface area contributed by atoms with Crippen molar-refractivity contribution in [3.05, 3.63) is 35.9 Å². The molecule has 0 bridgehead atoms. The number of hydrogen-bond acceptors (Lipinski definition) is 3. The lowest BCUT2D eigenvalue weighted by Gasteiger charge is -2.35. The first-order valence-corrected chi connectivity index (χ1v) is 8.55. The number of nitrogens with zero attached hydrogens (tertiary/aromatic N) is 2. The molecule has 124 valence electrons. The number of benzene rings is 1. The highest BCUT2D eigenvalue weighted by Gasteiger charge is 2.35. The van der Waals surface area contributed by atoms with E-state index in [9.17, 15) is 9.59 Å². The van der Waals surface area contributed by atoms with Gasteiger partial charge < -0.3 is 15.5 Å². The minimum atomic E-state index is -0.0800. The Morgan fingerprint density at radius 2 is 1.83 bits per heavy atom. The van der Waals surface area contributed by atoms with Gasteiger partial charge in [-0.05, 0) is 37.8 Å². The quantitative estimate of drug-likeness (QED) is 0.919. The Morgan fingerprint density at radius 3 is 2.57 bits per heavy atom. The van der Waals surface area contributed by atoms with Crippen LogP contribution in [-0.2, 0) is 4.79 Å². The number of nitrogens with two attached hydrogens (primary N) is 1. The van der Waals surface area contributed by atoms with Gasteiger partial charge in [0.05, 0.1) is 5.92 Å². The SMILES string of the molecule is NCC1CCCN1C(=O)C1CCCN(C(=O)c2ccccc2)C1. The Morgan fingerprint density at radius 1 is 1.09 bits per heavy atom. The topological polar surface area (TPSA) is 66.6 Å². The second kappa shape index (κ2) is 7.13. The summed E-state index contributed by atoms with van der Waals surface area (Å²) in [4.78, 5) is 29.2. The molecule has 2 aliphatic heterocycles. The summed E-state index contributed by atoms with van der Waals surface area (Å²) in [7, 11) is 0. The molecule has 2 N–H and O–H groups in total. The van der Waals surface area contributed by atoms with E-state index in [1.54, 1.807) is 0 Å². The van der Waals surface area contributed by atoms with E-state index in [0.29, 0.717) is 18.7 Å². The smallest absolute Gasteiger partial charge is 0.253 e. The molecule has 1 aromatic carbocycles. The van der Waals surface area contributed by atoms with Gasteiger partial charge in [-0.25, -0.2) is 0 Å². The third kappa shape index (κ3) is 3.39. The Kier molecular flexibility index (Phi) is 4.96. The molecule has 0 aliphatic carbocycles. The van der Waals surface area contributed by atoms with Crippen molar-refractivity contribution < 1.29 is 9.59 Å². The molecule has 23 heavy (non-hydrogen) atoms. The number of carbonyl (C=O) groups is 2. The maximum Gasteiger partial charge on any atom is 0.253 e. The van der Waals surface area contributed by atoms with Crippen molar-refractivity contribution in [3.63, 3.8) is 0 Å². The Balaban J connectivity index is 1.66. The van der Waals surface area contributed by atoms with Crippen LogP contribution in [0.2, 0.25) is 0 Å². The zero-order chi connectivity index (χ0) is 16.2. The number of hydrogen-bond donors (Lipinski definition) is 1. The average Bonchev–Trinajstić information content (AvgIpc) is 3.10. The lowest BCUT2D eigenvalue weighted by molar-refractivity contribution is -0.137. The Hall–Kier alpha value is -1.88. The molecular formula is C18H25N3O2. The fraction of sp³-hybridized carbons (Fsp3) is 0.556. The molecule has 0 radical (unpaired) electrons. The number of amides is 2. The van der Waals surface area contributed by atoms with E-state index >= 15 is 0 Å². The largest absolute Gasteiger partial charge is 0.338 e. The fourth-order valence-corrected chi connectivity index (χ4v) is 3.73.